The standard InChI is InChI=1S/C35H30S2/c1-23-10-9-13-25(22-23)34-26-14-5-7-16-28(26)35(29-17-8-6-15-27(29)34)33-21-20-32(37-33)31-19-18-30(36-31)24-11-3-2-4-12-24/h2-3,5,7,10-11,14-22H,4,6,8-9,12-13H2,1H3. The molecule has 182 valence electrons. The molecule has 0 unspecified atom stereocenters. The van der Waals surface area contributed by atoms with Crippen molar-refractivity contribution in [2.45, 2.75) is 45.4 Å². The van der Waals surface area contributed by atoms with Gasteiger partial charge in [0.2, 0.25) is 0 Å². The van der Waals surface area contributed by atoms with Gasteiger partial charge in [0.25, 0.3) is 0 Å². The maximum atomic E-state index is 2.50. The Bertz CT molecular complexity index is 1780. The normalized spacial score (nSPS) is 16.9. The fourth-order valence-corrected chi connectivity index (χ4v) is 8.31. The maximum Gasteiger partial charge on any atom is 0.0449 e. The predicted octanol–water partition coefficient (Wildman–Crippen LogP) is 9.51. The Hall–Kier alpha value is -3.20. The zero-order valence-corrected chi connectivity index (χ0v) is 22.9. The first-order valence-electron chi connectivity index (χ1n) is 13.5. The highest BCUT2D eigenvalue weighted by Crippen LogP contribution is 2.41. The summed E-state index contributed by atoms with van der Waals surface area (Å²) >= 11 is 3.88. The lowest BCUT2D eigenvalue weighted by Gasteiger charge is -2.20. The average Bonchev–Trinajstić information content (AvgIpc) is 3.62. The maximum absolute atomic E-state index is 2.50. The van der Waals surface area contributed by atoms with Crippen LogP contribution < -0.4 is 10.4 Å². The molecule has 0 nitrogen and oxygen atoms in total. The lowest BCUT2D eigenvalue weighted by atomic mass is 9.85. The first kappa shape index (κ1) is 23.0. The molecule has 0 fully saturated rings. The highest BCUT2D eigenvalue weighted by Gasteiger charge is 2.19. The largest absolute Gasteiger partial charge is 0.135 e. The molecule has 2 aromatic carbocycles. The summed E-state index contributed by atoms with van der Waals surface area (Å²) in [5, 5.41) is 5.67. The minimum Gasteiger partial charge on any atom is -0.135 e. The van der Waals surface area contributed by atoms with E-state index in [2.05, 4.69) is 98.0 Å². The van der Waals surface area contributed by atoms with Gasteiger partial charge in [0, 0.05) is 25.1 Å². The van der Waals surface area contributed by atoms with Crippen molar-refractivity contribution >= 4 is 56.7 Å². The summed E-state index contributed by atoms with van der Waals surface area (Å²) < 4.78 is 0. The lowest BCUT2D eigenvalue weighted by molar-refractivity contribution is 1.03. The van der Waals surface area contributed by atoms with Crippen molar-refractivity contribution < 1.29 is 0 Å². The second-order valence-electron chi connectivity index (χ2n) is 10.3. The van der Waals surface area contributed by atoms with Gasteiger partial charge in [-0.1, -0.05) is 72.4 Å². The van der Waals surface area contributed by atoms with Gasteiger partial charge in [-0.15, -0.1) is 22.7 Å². The molecule has 2 aromatic heterocycles. The molecule has 37 heavy (non-hydrogen) atoms. The fourth-order valence-electron chi connectivity index (χ4n) is 6.08. The van der Waals surface area contributed by atoms with Gasteiger partial charge in [-0.25, -0.2) is 0 Å². The summed E-state index contributed by atoms with van der Waals surface area (Å²) in [4.78, 5) is 5.54. The number of benzene rings is 2. The molecule has 3 aliphatic rings. The lowest BCUT2D eigenvalue weighted by Crippen LogP contribution is -2.32. The minimum atomic E-state index is 1.12. The van der Waals surface area contributed by atoms with E-state index in [4.69, 9.17) is 0 Å². The summed E-state index contributed by atoms with van der Waals surface area (Å²) in [6.07, 6.45) is 23.3. The van der Waals surface area contributed by atoms with Crippen LogP contribution in [0.25, 0.3) is 54.3 Å². The highest BCUT2D eigenvalue weighted by atomic mass is 32.1. The van der Waals surface area contributed by atoms with Gasteiger partial charge in [-0.3, -0.25) is 0 Å². The first-order valence-corrected chi connectivity index (χ1v) is 15.1. The topological polar surface area (TPSA) is 0 Å². The predicted molar refractivity (Wildman–Crippen MR) is 165 cm³/mol. The number of fused-ring (bicyclic) bond motifs is 2. The highest BCUT2D eigenvalue weighted by molar-refractivity contribution is 7.24. The van der Waals surface area contributed by atoms with Crippen LogP contribution in [0.4, 0.5) is 0 Å². The molecule has 4 aromatic rings. The molecule has 0 atom stereocenters. The van der Waals surface area contributed by atoms with Crippen LogP contribution in [0, 0.1) is 0 Å². The van der Waals surface area contributed by atoms with E-state index in [0.29, 0.717) is 0 Å². The van der Waals surface area contributed by atoms with E-state index >= 15 is 0 Å². The Morgan fingerprint density at radius 3 is 1.97 bits per heavy atom. The van der Waals surface area contributed by atoms with E-state index < -0.39 is 0 Å². The van der Waals surface area contributed by atoms with Gasteiger partial charge in [0.05, 0.1) is 0 Å². The van der Waals surface area contributed by atoms with Crippen molar-refractivity contribution in [3.05, 3.63) is 105 Å². The van der Waals surface area contributed by atoms with Gasteiger partial charge in [0.15, 0.2) is 0 Å². The molecular weight excluding hydrogens is 485 g/mol. The van der Waals surface area contributed by atoms with Gasteiger partial charge >= 0.3 is 0 Å². The Labute approximate surface area is 227 Å². The first-order chi connectivity index (χ1) is 18.3. The molecule has 0 N–H and O–H groups in total. The molecular formula is C35H30S2. The third kappa shape index (κ3) is 4.13. The summed E-state index contributed by atoms with van der Waals surface area (Å²) in [5.74, 6) is 0. The van der Waals surface area contributed by atoms with E-state index in [1.54, 1.807) is 0 Å². The summed E-state index contributed by atoms with van der Waals surface area (Å²) in [7, 11) is 0. The molecule has 0 bridgehead atoms. The van der Waals surface area contributed by atoms with E-state index in [1.165, 1.54) is 68.6 Å². The van der Waals surface area contributed by atoms with Crippen molar-refractivity contribution in [2.75, 3.05) is 0 Å². The van der Waals surface area contributed by atoms with Gasteiger partial charge < -0.3 is 0 Å². The Balaban J connectivity index is 1.40. The van der Waals surface area contributed by atoms with E-state index in [9.17, 15) is 0 Å². The van der Waals surface area contributed by atoms with E-state index in [-0.39, 0.29) is 0 Å². The Morgan fingerprint density at radius 2 is 1.24 bits per heavy atom. The fraction of sp³-hybridized carbons (Fsp3) is 0.200. The Kier molecular flexibility index (Phi) is 5.95. The third-order valence-electron chi connectivity index (χ3n) is 7.79. The number of thiophene rings is 2. The molecule has 0 spiro atoms. The van der Waals surface area contributed by atoms with E-state index in [0.717, 1.165) is 38.5 Å². The Morgan fingerprint density at radius 1 is 0.595 bits per heavy atom. The van der Waals surface area contributed by atoms with Crippen molar-refractivity contribution in [3.63, 3.8) is 0 Å². The summed E-state index contributed by atoms with van der Waals surface area (Å²) in [5.41, 5.74) is 7.24. The van der Waals surface area contributed by atoms with Gasteiger partial charge in [0.1, 0.15) is 0 Å². The van der Waals surface area contributed by atoms with Crippen molar-refractivity contribution in [1.82, 2.24) is 0 Å². The van der Waals surface area contributed by atoms with E-state index in [1.807, 2.05) is 22.7 Å². The summed E-state index contributed by atoms with van der Waals surface area (Å²) in [6, 6.07) is 18.4. The van der Waals surface area contributed by atoms with Crippen LogP contribution in [0.2, 0.25) is 0 Å². The molecule has 0 aliphatic heterocycles. The number of hydrogen-bond donors (Lipinski definition) is 0. The molecule has 3 aliphatic carbocycles. The molecule has 0 radical (unpaired) electrons. The molecule has 0 saturated heterocycles. The molecule has 0 amide bonds. The van der Waals surface area contributed by atoms with Crippen molar-refractivity contribution in [2.24, 2.45) is 0 Å². The van der Waals surface area contributed by atoms with Gasteiger partial charge in [-0.2, -0.15) is 0 Å². The van der Waals surface area contributed by atoms with Crippen LogP contribution >= 0.6 is 22.7 Å². The van der Waals surface area contributed by atoms with Crippen molar-refractivity contribution in [3.8, 4) is 20.2 Å². The average molecular weight is 515 g/mol. The van der Waals surface area contributed by atoms with Crippen LogP contribution in [0.1, 0.15) is 55.9 Å². The zero-order chi connectivity index (χ0) is 24.8. The third-order valence-corrected chi connectivity index (χ3v) is 10.3. The monoisotopic (exact) mass is 514 g/mol. The number of allylic oxidation sites excluding steroid dienone is 8. The molecule has 0 saturated carbocycles. The van der Waals surface area contributed by atoms with Crippen LogP contribution in [0.15, 0.2) is 84.5 Å². The quantitative estimate of drug-likeness (QED) is 0.254. The number of rotatable bonds is 4. The zero-order valence-electron chi connectivity index (χ0n) is 21.2. The van der Waals surface area contributed by atoms with Crippen LogP contribution in [-0.4, -0.2) is 0 Å². The second kappa shape index (κ2) is 9.59. The SMILES string of the molecule is CC1=CCCC(c2c3c(c(-c4ccc(-c5ccc(C6=CC=CCC6)s5)s4)c4ccccc24)=CCCC=3)=C1. The van der Waals surface area contributed by atoms with Crippen LogP contribution in [0.5, 0.6) is 0 Å². The summed E-state index contributed by atoms with van der Waals surface area (Å²) in [6.45, 7) is 2.24. The van der Waals surface area contributed by atoms with Gasteiger partial charge in [-0.05, 0) is 108 Å². The number of hydrogen-bond acceptors (Lipinski definition) is 2. The minimum absolute atomic E-state index is 1.12. The molecule has 7 rings (SSSR count). The smallest absolute Gasteiger partial charge is 0.0449 e. The molecule has 2 heteroatoms. The second-order valence-corrected chi connectivity index (χ2v) is 12.4. The van der Waals surface area contributed by atoms with Crippen LogP contribution in [0.3, 0.4) is 0 Å². The van der Waals surface area contributed by atoms with Crippen molar-refractivity contribution in [1.29, 1.82) is 0 Å². The van der Waals surface area contributed by atoms with Crippen LogP contribution in [-0.2, 0) is 0 Å². The molecule has 2 heterocycles.